The Morgan fingerprint density at radius 1 is 0.391 bits per heavy atom. The molecule has 0 aromatic rings. The van der Waals surface area contributed by atoms with Gasteiger partial charge in [0.25, 0.3) is 0 Å². The summed E-state index contributed by atoms with van der Waals surface area (Å²) in [4.78, 5) is 44.3. The highest BCUT2D eigenvalue weighted by molar-refractivity contribution is 5.59. The Kier molecular flexibility index (Phi) is 29.7. The van der Waals surface area contributed by atoms with Crippen LogP contribution in [0, 0.1) is 0 Å². The summed E-state index contributed by atoms with van der Waals surface area (Å²) in [5.41, 5.74) is -1.55. The van der Waals surface area contributed by atoms with Crippen molar-refractivity contribution in [2.75, 3.05) is 13.2 Å². The Hall–Kier alpha value is -1.54. The average molecular weight is 659 g/mol. The van der Waals surface area contributed by atoms with Crippen LogP contribution >= 0.6 is 0 Å². The largest absolute Gasteiger partial charge is 0.540 e. The molecule has 0 amide bonds. The Balaban J connectivity index is 3.74. The van der Waals surface area contributed by atoms with Gasteiger partial charge in [0.2, 0.25) is 0 Å². The summed E-state index contributed by atoms with van der Waals surface area (Å²) >= 11 is 0. The van der Waals surface area contributed by atoms with Gasteiger partial charge < -0.3 is 9.47 Å². The molecule has 0 radical (unpaired) electrons. The van der Waals surface area contributed by atoms with Gasteiger partial charge in [-0.15, -0.1) is 0 Å². The highest BCUT2D eigenvalue weighted by Gasteiger charge is 2.30. The lowest BCUT2D eigenvalue weighted by molar-refractivity contribution is -0.334. The first kappa shape index (κ1) is 44.5. The van der Waals surface area contributed by atoms with E-state index < -0.39 is 23.5 Å². The molecule has 0 aliphatic carbocycles. The van der Waals surface area contributed by atoms with Gasteiger partial charge in [-0.1, -0.05) is 155 Å². The van der Waals surface area contributed by atoms with Crippen LogP contribution in [-0.4, -0.2) is 36.7 Å². The van der Waals surface area contributed by atoms with E-state index in [1.165, 1.54) is 116 Å². The molecule has 0 heterocycles. The minimum absolute atomic E-state index is 0.327. The third-order valence-corrected chi connectivity index (χ3v) is 8.44. The van der Waals surface area contributed by atoms with Crippen molar-refractivity contribution in [3.63, 3.8) is 0 Å². The van der Waals surface area contributed by atoms with Crippen LogP contribution in [0.2, 0.25) is 0 Å². The first-order valence-corrected chi connectivity index (χ1v) is 19.2. The third-order valence-electron chi connectivity index (χ3n) is 8.44. The van der Waals surface area contributed by atoms with E-state index in [4.69, 9.17) is 29.0 Å². The Labute approximate surface area is 283 Å². The van der Waals surface area contributed by atoms with Crippen molar-refractivity contribution < 1.29 is 38.6 Å². The van der Waals surface area contributed by atoms with Gasteiger partial charge in [0.05, 0.1) is 13.2 Å². The van der Waals surface area contributed by atoms with Gasteiger partial charge in [-0.25, -0.2) is 9.59 Å². The molecule has 0 aliphatic heterocycles. The van der Waals surface area contributed by atoms with Gasteiger partial charge in [-0.3, -0.25) is 9.78 Å². The van der Waals surface area contributed by atoms with Crippen LogP contribution in [0.3, 0.4) is 0 Å². The number of rotatable bonds is 33. The molecule has 46 heavy (non-hydrogen) atoms. The maximum absolute atomic E-state index is 11.9. The van der Waals surface area contributed by atoms with E-state index in [-0.39, 0.29) is 0 Å². The van der Waals surface area contributed by atoms with Crippen LogP contribution in [-0.2, 0) is 29.0 Å². The third kappa shape index (κ3) is 32.4. The number of carbonyl (C=O) groups excluding carboxylic acids is 2. The zero-order valence-corrected chi connectivity index (χ0v) is 31.1. The summed E-state index contributed by atoms with van der Waals surface area (Å²) in [6, 6.07) is 0. The molecule has 0 N–H and O–H groups in total. The first-order chi connectivity index (χ1) is 22.1. The summed E-state index contributed by atoms with van der Waals surface area (Å²) in [5.74, 6) is 0. The minimum atomic E-state index is -0.828. The highest BCUT2D eigenvalue weighted by Crippen LogP contribution is 2.25. The fourth-order valence-corrected chi connectivity index (χ4v) is 5.22. The van der Waals surface area contributed by atoms with E-state index in [1.54, 1.807) is 0 Å². The normalized spacial score (nSPS) is 11.9. The Morgan fingerprint density at radius 3 is 0.891 bits per heavy atom. The van der Waals surface area contributed by atoms with Crippen LogP contribution in [0.15, 0.2) is 0 Å². The second-order valence-corrected chi connectivity index (χ2v) is 14.3. The number of hydrogen-bond acceptors (Lipinski definition) is 8. The standard InChI is InChI=1S/C38H74O8/c1-7-9-11-13-15-17-19-21-23-25-27-29-33-41-35(39)43-45-37(3,4)31-32-38(5,6)46-44-36(40)42-34-30-28-26-24-22-20-18-16-14-12-10-8-2/h7-34H2,1-6H3. The molecular formula is C38H74O8. The van der Waals surface area contributed by atoms with Crippen LogP contribution < -0.4 is 0 Å². The number of hydrogen-bond donors (Lipinski definition) is 0. The van der Waals surface area contributed by atoms with Gasteiger partial charge >= 0.3 is 12.3 Å². The van der Waals surface area contributed by atoms with E-state index in [0.717, 1.165) is 38.5 Å². The molecule has 0 aliphatic rings. The van der Waals surface area contributed by atoms with Crippen molar-refractivity contribution >= 4 is 12.3 Å². The number of carbonyl (C=O) groups is 2. The smallest absolute Gasteiger partial charge is 0.432 e. The summed E-state index contributed by atoms with van der Waals surface area (Å²) < 4.78 is 10.3. The van der Waals surface area contributed by atoms with Crippen LogP contribution in [0.5, 0.6) is 0 Å². The summed E-state index contributed by atoms with van der Waals surface area (Å²) in [6.07, 6.45) is 29.4. The molecule has 0 aromatic heterocycles. The summed E-state index contributed by atoms with van der Waals surface area (Å²) in [7, 11) is 0. The highest BCUT2D eigenvalue weighted by atomic mass is 17.2. The average Bonchev–Trinajstić information content (AvgIpc) is 3.03. The molecule has 274 valence electrons. The molecule has 0 unspecified atom stereocenters. The molecule has 8 nitrogen and oxygen atoms in total. The lowest BCUT2D eigenvalue weighted by atomic mass is 9.94. The first-order valence-electron chi connectivity index (χ1n) is 19.2. The lowest BCUT2D eigenvalue weighted by Crippen LogP contribution is -2.33. The molecule has 8 heteroatoms. The number of ether oxygens (including phenoxy) is 2. The van der Waals surface area contributed by atoms with Gasteiger partial charge in [-0.05, 0) is 53.4 Å². The van der Waals surface area contributed by atoms with Crippen LogP contribution in [0.4, 0.5) is 9.59 Å². The molecule has 0 saturated carbocycles. The van der Waals surface area contributed by atoms with Gasteiger partial charge in [0, 0.05) is 0 Å². The fraction of sp³-hybridized carbons (Fsp3) is 0.947. The zero-order chi connectivity index (χ0) is 34.2. The van der Waals surface area contributed by atoms with Gasteiger partial charge in [-0.2, -0.15) is 9.78 Å². The van der Waals surface area contributed by atoms with Crippen molar-refractivity contribution in [1.29, 1.82) is 0 Å². The molecular weight excluding hydrogens is 584 g/mol. The van der Waals surface area contributed by atoms with Crippen molar-refractivity contribution in [2.24, 2.45) is 0 Å². The molecule has 0 atom stereocenters. The van der Waals surface area contributed by atoms with Crippen molar-refractivity contribution in [3.05, 3.63) is 0 Å². The predicted molar refractivity (Wildman–Crippen MR) is 187 cm³/mol. The Morgan fingerprint density at radius 2 is 0.630 bits per heavy atom. The fourth-order valence-electron chi connectivity index (χ4n) is 5.22. The van der Waals surface area contributed by atoms with Gasteiger partial charge in [0.15, 0.2) is 0 Å². The second kappa shape index (κ2) is 30.8. The molecule has 0 rings (SSSR count). The molecule has 0 aromatic carbocycles. The maximum atomic E-state index is 11.9. The van der Waals surface area contributed by atoms with E-state index in [2.05, 4.69) is 13.8 Å². The lowest BCUT2D eigenvalue weighted by Gasteiger charge is -2.28. The molecule has 0 spiro atoms. The summed E-state index contributed by atoms with van der Waals surface area (Å²) in [6.45, 7) is 12.4. The minimum Gasteiger partial charge on any atom is -0.432 e. The zero-order valence-electron chi connectivity index (χ0n) is 31.1. The SMILES string of the molecule is CCCCCCCCCCCCCCOC(=O)OOC(C)(C)CCC(C)(C)OOC(=O)OCCCCCCCCCCCCCC. The van der Waals surface area contributed by atoms with Gasteiger partial charge in [0.1, 0.15) is 11.2 Å². The van der Waals surface area contributed by atoms with Crippen LogP contribution in [0.1, 0.15) is 208 Å². The maximum Gasteiger partial charge on any atom is 0.540 e. The van der Waals surface area contributed by atoms with Crippen molar-refractivity contribution in [3.8, 4) is 0 Å². The molecule has 0 saturated heterocycles. The monoisotopic (exact) mass is 659 g/mol. The van der Waals surface area contributed by atoms with Crippen molar-refractivity contribution in [1.82, 2.24) is 0 Å². The quantitative estimate of drug-likeness (QED) is 0.0298. The molecule has 0 fully saturated rings. The Bertz CT molecular complexity index is 636. The topological polar surface area (TPSA) is 89.5 Å². The second-order valence-electron chi connectivity index (χ2n) is 14.3. The van der Waals surface area contributed by atoms with Crippen LogP contribution in [0.25, 0.3) is 0 Å². The predicted octanol–water partition coefficient (Wildman–Crippen LogP) is 12.9. The van der Waals surface area contributed by atoms with E-state index in [1.807, 2.05) is 27.7 Å². The van der Waals surface area contributed by atoms with E-state index >= 15 is 0 Å². The summed E-state index contributed by atoms with van der Waals surface area (Å²) in [5, 5.41) is 0. The van der Waals surface area contributed by atoms with E-state index in [0.29, 0.717) is 26.1 Å². The van der Waals surface area contributed by atoms with Crippen molar-refractivity contribution in [2.45, 2.75) is 220 Å². The number of unbranched alkanes of at least 4 members (excludes halogenated alkanes) is 22. The molecule has 0 bridgehead atoms. The van der Waals surface area contributed by atoms with E-state index in [9.17, 15) is 9.59 Å².